The number of carbonyl (C=O) groups excluding carboxylic acids is 5. The highest BCUT2D eigenvalue weighted by molar-refractivity contribution is 5.73. The van der Waals surface area contributed by atoms with E-state index >= 15 is 0 Å². The Kier molecular flexibility index (Phi) is 31.6. The minimum atomic E-state index is -0.904. The highest BCUT2D eigenvalue weighted by Crippen LogP contribution is 2.72. The van der Waals surface area contributed by atoms with E-state index in [0.29, 0.717) is 49.0 Å². The van der Waals surface area contributed by atoms with Crippen LogP contribution in [0.1, 0.15) is 357 Å². The van der Waals surface area contributed by atoms with E-state index in [0.717, 1.165) is 210 Å². The van der Waals surface area contributed by atoms with E-state index in [2.05, 4.69) is 104 Å². The van der Waals surface area contributed by atoms with Gasteiger partial charge in [-0.15, -0.1) is 0 Å². The lowest BCUT2D eigenvalue weighted by Gasteiger charge is -2.42. The molecule has 0 heterocycles. The molecule has 15 aliphatic rings. The number of hydrogen-bond donors (Lipinski definition) is 2. The Morgan fingerprint density at radius 3 is 1.17 bits per heavy atom. The molecule has 15 fully saturated rings. The Bertz CT molecular complexity index is 3090. The van der Waals surface area contributed by atoms with Crippen LogP contribution in [0.3, 0.4) is 0 Å². The highest BCUT2D eigenvalue weighted by Gasteiger charge is 2.66. The van der Waals surface area contributed by atoms with Gasteiger partial charge in [0.05, 0.1) is 50.3 Å². The number of aliphatic hydroxyl groups is 2. The van der Waals surface area contributed by atoms with Crippen LogP contribution in [0, 0.1) is 213 Å². The molecule has 0 saturated heterocycles. The van der Waals surface area contributed by atoms with Crippen LogP contribution in [-0.4, -0.2) is 82.8 Å². The lowest BCUT2D eigenvalue weighted by molar-refractivity contribution is -0.167. The quantitative estimate of drug-likeness (QED) is 0.0516. The predicted molar refractivity (Wildman–Crippen MR) is 459 cm³/mol. The summed E-state index contributed by atoms with van der Waals surface area (Å²) in [6.45, 7) is 46.1. The van der Waals surface area contributed by atoms with Gasteiger partial charge in [0.1, 0.15) is 11.2 Å². The van der Waals surface area contributed by atoms with E-state index in [1.807, 2.05) is 41.5 Å². The normalized spacial score (nSPS) is 43.0. The monoisotopic (exact) mass is 1590 g/mol. The van der Waals surface area contributed by atoms with Gasteiger partial charge >= 0.3 is 29.8 Å². The molecule has 15 rings (SSSR count). The summed E-state index contributed by atoms with van der Waals surface area (Å²) in [6.07, 6.45) is 38.3. The molecule has 0 radical (unpaired) electrons. The molecule has 0 aromatic heterocycles. The minimum Gasteiger partial charge on any atom is -0.469 e. The molecule has 114 heavy (non-hydrogen) atoms. The lowest BCUT2D eigenvalue weighted by Crippen LogP contribution is -2.44. The molecule has 15 saturated carbocycles. The first-order valence-electron chi connectivity index (χ1n) is 49.6. The molecule has 0 aromatic rings. The number of ether oxygens (including phenoxy) is 5. The van der Waals surface area contributed by atoms with E-state index in [4.69, 9.17) is 23.7 Å². The second kappa shape index (κ2) is 39.2. The maximum atomic E-state index is 12.9. The summed E-state index contributed by atoms with van der Waals surface area (Å²) in [5, 5.41) is 21.7. The van der Waals surface area contributed by atoms with Crippen LogP contribution in [0.15, 0.2) is 0 Å². The Labute approximate surface area is 696 Å². The van der Waals surface area contributed by atoms with Gasteiger partial charge in [0, 0.05) is 12.8 Å². The minimum absolute atomic E-state index is 0.0192. The molecule has 38 unspecified atom stereocenters. The van der Waals surface area contributed by atoms with Crippen molar-refractivity contribution in [1.29, 1.82) is 0 Å². The molecule has 0 aromatic carbocycles. The van der Waals surface area contributed by atoms with Crippen LogP contribution in [0.5, 0.6) is 0 Å². The zero-order valence-corrected chi connectivity index (χ0v) is 77.0. The number of esters is 5. The Hall–Kier alpha value is -2.73. The van der Waals surface area contributed by atoms with Crippen molar-refractivity contribution < 1.29 is 57.9 Å². The predicted octanol–water partition coefficient (Wildman–Crippen LogP) is 23.9. The number of aliphatic hydroxyl groups excluding tert-OH is 1. The summed E-state index contributed by atoms with van der Waals surface area (Å²) in [5.74, 6) is 28.8. The van der Waals surface area contributed by atoms with Crippen molar-refractivity contribution in [2.75, 3.05) is 13.7 Å². The zero-order chi connectivity index (χ0) is 82.9. The Morgan fingerprint density at radius 1 is 0.386 bits per heavy atom. The van der Waals surface area contributed by atoms with E-state index in [9.17, 15) is 34.2 Å². The lowest BCUT2D eigenvalue weighted by atomic mass is 9.65. The molecule has 12 heteroatoms. The second-order valence-corrected chi connectivity index (χ2v) is 43.5. The van der Waals surface area contributed by atoms with Crippen molar-refractivity contribution in [2.24, 2.45) is 213 Å². The van der Waals surface area contributed by atoms with Crippen molar-refractivity contribution >= 4 is 29.8 Å². The Morgan fingerprint density at radius 2 is 0.754 bits per heavy atom. The summed E-state index contributed by atoms with van der Waals surface area (Å²) in [7, 11) is 1.51. The summed E-state index contributed by atoms with van der Waals surface area (Å²) >= 11 is 0. The van der Waals surface area contributed by atoms with E-state index < -0.39 is 11.7 Å². The van der Waals surface area contributed by atoms with Crippen molar-refractivity contribution in [3.8, 4) is 0 Å². The SMILES string of the molecule is CCC1CC(CC)C2C3CC(CC3C(C)C(=O)OC(C)(CC)CC)C12.CCC1CC(CC)C2C3CC(CC3C(O)CC(=O)OC(C)C)C12.CCC1CC(CC)C2C3CC(CC3CC(=O)OC(C)(C)CC)C12.CCC1CC(CC)C2C3CC(CC3CCC(=O)OC)C12.CCOC(=O)CC(C)(O)C1CC2CC1C1C(CC)CC(CC)C21. The molecule has 0 aliphatic heterocycles. The first-order chi connectivity index (χ1) is 54.3. The van der Waals surface area contributed by atoms with Gasteiger partial charge in [0.2, 0.25) is 0 Å². The molecule has 2 N–H and O–H groups in total. The van der Waals surface area contributed by atoms with Crippen molar-refractivity contribution in [3.05, 3.63) is 0 Å². The first kappa shape index (κ1) is 92.0. The molecule has 15 aliphatic carbocycles. The van der Waals surface area contributed by atoms with Gasteiger partial charge < -0.3 is 33.9 Å². The standard InChI is InChI=1S/C23H40O2.C21H36O2.2C20H34O3.C18H30O2/c1-7-15-11-16(8-2)21-19-13-17(20(15)21)12-18(19)14(5)22(24)25-23(6,9-3)10-4;1-6-13-9-14(7-2)20-17-11-16(19(13)20)10-15(17)12-18(22)23-21(4,5)8-3;1-5-12-7-13(6-2)20-16-9-14(19(12)20)8-15(16)17(21)10-18(22)23-11(3)4;1-5-12-8-13(6-2)19-15-9-14(18(12)19)10-16(15)20(4,22)11-17(21)23-7-3;1-4-11-8-12(5-2)18-15-10-14(17(11)18)9-13(15)6-7-16(19)20-3/h14-21H,7-13H2,1-6H3;13-17,19-20H,6-12H2,1-5H3;11-17,19-21H,5-10H2,1-4H3;12-16,18-19,22H,5-11H2,1-4H3;11-15,17-18H,4-10H2,1-3H3. The van der Waals surface area contributed by atoms with Crippen LogP contribution >= 0.6 is 0 Å². The van der Waals surface area contributed by atoms with Gasteiger partial charge in [-0.1, -0.05) is 161 Å². The van der Waals surface area contributed by atoms with Gasteiger partial charge in [0.15, 0.2) is 0 Å². The van der Waals surface area contributed by atoms with Gasteiger partial charge in [-0.3, -0.25) is 24.0 Å². The van der Waals surface area contributed by atoms with E-state index in [1.54, 1.807) is 0 Å². The fourth-order valence-electron chi connectivity index (χ4n) is 32.9. The largest absolute Gasteiger partial charge is 0.469 e. The van der Waals surface area contributed by atoms with Gasteiger partial charge in [-0.05, 0) is 378 Å². The van der Waals surface area contributed by atoms with E-state index in [-0.39, 0.29) is 71.8 Å². The van der Waals surface area contributed by atoms with Crippen LogP contribution in [0.2, 0.25) is 0 Å². The average Bonchev–Trinajstić information content (AvgIpc) is 1.59. The maximum Gasteiger partial charge on any atom is 0.309 e. The fourth-order valence-corrected chi connectivity index (χ4v) is 32.9. The first-order valence-corrected chi connectivity index (χ1v) is 49.6. The number of methoxy groups -OCH3 is 1. The molecule has 12 nitrogen and oxygen atoms in total. The smallest absolute Gasteiger partial charge is 0.309 e. The third-order valence-corrected chi connectivity index (χ3v) is 38.1. The summed E-state index contributed by atoms with van der Waals surface area (Å²) in [6, 6.07) is 0. The van der Waals surface area contributed by atoms with Crippen LogP contribution in [-0.2, 0) is 47.7 Å². The number of rotatable bonds is 30. The summed E-state index contributed by atoms with van der Waals surface area (Å²) in [5.41, 5.74) is -1.48. The van der Waals surface area contributed by atoms with Crippen LogP contribution < -0.4 is 0 Å². The topological polar surface area (TPSA) is 172 Å². The van der Waals surface area contributed by atoms with Gasteiger partial charge in [0.25, 0.3) is 0 Å². The molecular formula is C102H174O12. The van der Waals surface area contributed by atoms with Crippen LogP contribution in [0.25, 0.3) is 0 Å². The third kappa shape index (κ3) is 18.8. The molecule has 0 spiro atoms. The third-order valence-electron chi connectivity index (χ3n) is 38.1. The average molecular weight is 1590 g/mol. The fraction of sp³-hybridized carbons (Fsp3) is 0.951. The zero-order valence-electron chi connectivity index (χ0n) is 77.0. The molecule has 0 amide bonds. The highest BCUT2D eigenvalue weighted by atomic mass is 16.6. The van der Waals surface area contributed by atoms with Crippen molar-refractivity contribution in [2.45, 2.75) is 386 Å². The molecule has 38 atom stereocenters. The van der Waals surface area contributed by atoms with Crippen molar-refractivity contribution in [1.82, 2.24) is 0 Å². The van der Waals surface area contributed by atoms with Gasteiger partial charge in [-0.25, -0.2) is 0 Å². The number of carbonyl (C=O) groups is 5. The number of hydrogen-bond acceptors (Lipinski definition) is 12. The van der Waals surface area contributed by atoms with Gasteiger partial charge in [-0.2, -0.15) is 0 Å². The summed E-state index contributed by atoms with van der Waals surface area (Å²) < 4.78 is 26.8. The van der Waals surface area contributed by atoms with Crippen LogP contribution in [0.4, 0.5) is 0 Å². The second-order valence-electron chi connectivity index (χ2n) is 43.5. The molecule has 10 bridgehead atoms. The number of fused-ring (bicyclic) bond motifs is 25. The molecular weight excluding hydrogens is 1420 g/mol. The Balaban J connectivity index is 0.000000141. The molecule has 654 valence electrons. The van der Waals surface area contributed by atoms with E-state index in [1.165, 1.54) is 155 Å². The van der Waals surface area contributed by atoms with Crippen molar-refractivity contribution in [3.63, 3.8) is 0 Å². The summed E-state index contributed by atoms with van der Waals surface area (Å²) in [4.78, 5) is 60.4. The maximum absolute atomic E-state index is 12.9.